The van der Waals surface area contributed by atoms with Crippen LogP contribution >= 0.6 is 0 Å². The number of rotatable bonds is 4. The van der Waals surface area contributed by atoms with Crippen molar-refractivity contribution in [3.63, 3.8) is 0 Å². The molecule has 164 valence electrons. The van der Waals surface area contributed by atoms with Gasteiger partial charge in [0, 0.05) is 23.5 Å². The van der Waals surface area contributed by atoms with Crippen LogP contribution in [0.4, 0.5) is 0 Å². The summed E-state index contributed by atoms with van der Waals surface area (Å²) in [7, 11) is 2.12. The minimum Gasteiger partial charge on any atom is -0.217 e. The zero-order valence-corrected chi connectivity index (χ0v) is 20.5. The fourth-order valence-electron chi connectivity index (χ4n) is 4.19. The van der Waals surface area contributed by atoms with E-state index in [-0.39, 0.29) is 11.8 Å². The van der Waals surface area contributed by atoms with Crippen LogP contribution in [0.5, 0.6) is 0 Å². The maximum Gasteiger partial charge on any atom is 0.220 e. The molecule has 0 bridgehead atoms. The van der Waals surface area contributed by atoms with Crippen LogP contribution in [0.15, 0.2) is 42.6 Å². The predicted octanol–water partition coefficient (Wildman–Crippen LogP) is 6.36. The van der Waals surface area contributed by atoms with Gasteiger partial charge in [0.1, 0.15) is 18.7 Å². The molecule has 0 unspecified atom stereocenters. The summed E-state index contributed by atoms with van der Waals surface area (Å²) in [5, 5.41) is 2.42. The molecule has 4 heteroatoms. The zero-order valence-electron chi connectivity index (χ0n) is 20.5. The van der Waals surface area contributed by atoms with E-state index in [1.54, 1.807) is 0 Å². The monoisotopic (exact) mass is 425 g/mol. The highest BCUT2D eigenvalue weighted by molar-refractivity contribution is 5.95. The molecule has 4 aromatic rings. The summed E-state index contributed by atoms with van der Waals surface area (Å²) in [4.78, 5) is 14.3. The fourth-order valence-corrected chi connectivity index (χ4v) is 4.19. The first kappa shape index (κ1) is 22.1. The van der Waals surface area contributed by atoms with Gasteiger partial charge in [0.05, 0.1) is 10.9 Å². The number of benzene rings is 2. The quantitative estimate of drug-likeness (QED) is 0.358. The van der Waals surface area contributed by atoms with Gasteiger partial charge < -0.3 is 0 Å². The molecule has 4 rings (SSSR count). The Morgan fingerprint density at radius 3 is 2.06 bits per heavy atom. The zero-order chi connectivity index (χ0) is 23.2. The van der Waals surface area contributed by atoms with Gasteiger partial charge >= 0.3 is 0 Å². The van der Waals surface area contributed by atoms with Crippen molar-refractivity contribution in [2.75, 3.05) is 0 Å². The molecule has 0 atom stereocenters. The Morgan fingerprint density at radius 2 is 1.44 bits per heavy atom. The number of nitrogens with zero attached hydrogens (tertiary/aromatic N) is 4. The van der Waals surface area contributed by atoms with Gasteiger partial charge in [-0.25, -0.2) is 19.5 Å². The van der Waals surface area contributed by atoms with E-state index in [0.29, 0.717) is 0 Å². The maximum absolute atomic E-state index is 4.80. The lowest BCUT2D eigenvalue weighted by Gasteiger charge is -2.13. The SMILES string of the molecule is Cc1cc(C)c(C)c(-c2c3ccc(-c4nc(C(C)C)nc(C(C)C)n4)cc3cc[n+]2C)c1. The minimum atomic E-state index is 0.257. The largest absolute Gasteiger partial charge is 0.220 e. The smallest absolute Gasteiger partial charge is 0.217 e. The number of hydrogen-bond donors (Lipinski definition) is 0. The van der Waals surface area contributed by atoms with Gasteiger partial charge in [-0.2, -0.15) is 0 Å². The van der Waals surface area contributed by atoms with Crippen LogP contribution in [0.3, 0.4) is 0 Å². The lowest BCUT2D eigenvalue weighted by Crippen LogP contribution is -2.30. The molecule has 32 heavy (non-hydrogen) atoms. The maximum atomic E-state index is 4.80. The first-order valence-corrected chi connectivity index (χ1v) is 11.4. The van der Waals surface area contributed by atoms with Crippen molar-refractivity contribution >= 4 is 10.8 Å². The summed E-state index contributed by atoms with van der Waals surface area (Å²) in [5.74, 6) is 2.97. The molecule has 0 fully saturated rings. The molecule has 0 saturated heterocycles. The molecule has 0 aliphatic heterocycles. The van der Waals surface area contributed by atoms with E-state index in [0.717, 1.165) is 23.0 Å². The number of aryl methyl sites for hydroxylation is 3. The Kier molecular flexibility index (Phi) is 5.81. The molecule has 0 saturated carbocycles. The molecule has 0 aliphatic rings. The van der Waals surface area contributed by atoms with E-state index in [9.17, 15) is 0 Å². The van der Waals surface area contributed by atoms with Gasteiger partial charge in [0.15, 0.2) is 12.0 Å². The van der Waals surface area contributed by atoms with Gasteiger partial charge in [-0.15, -0.1) is 0 Å². The van der Waals surface area contributed by atoms with Crippen molar-refractivity contribution in [1.29, 1.82) is 0 Å². The van der Waals surface area contributed by atoms with E-state index in [4.69, 9.17) is 9.97 Å². The van der Waals surface area contributed by atoms with E-state index in [1.807, 2.05) is 0 Å². The summed E-state index contributed by atoms with van der Waals surface area (Å²) in [6.45, 7) is 15.1. The summed E-state index contributed by atoms with van der Waals surface area (Å²) in [6.07, 6.45) is 2.14. The standard InChI is InChI=1S/C28H33N4/c1-16(2)26-29-27(17(3)4)31-28(30-26)22-9-10-23-21(15-22)11-12-32(8)25(23)24-14-18(5)13-19(6)20(24)7/h9-17H,1-8H3/q+1. The molecule has 0 amide bonds. The van der Waals surface area contributed by atoms with Gasteiger partial charge in [-0.05, 0) is 55.5 Å². The molecule has 2 heterocycles. The minimum absolute atomic E-state index is 0.257. The van der Waals surface area contributed by atoms with Crippen LogP contribution < -0.4 is 4.57 Å². The highest BCUT2D eigenvalue weighted by Gasteiger charge is 2.20. The topological polar surface area (TPSA) is 42.6 Å². The molecule has 4 nitrogen and oxygen atoms in total. The van der Waals surface area contributed by atoms with E-state index < -0.39 is 0 Å². The van der Waals surface area contributed by atoms with Crippen molar-refractivity contribution in [1.82, 2.24) is 15.0 Å². The van der Waals surface area contributed by atoms with Crippen LogP contribution in [0, 0.1) is 20.8 Å². The Morgan fingerprint density at radius 1 is 0.781 bits per heavy atom. The average molecular weight is 426 g/mol. The number of aromatic nitrogens is 4. The average Bonchev–Trinajstić information content (AvgIpc) is 2.75. The Bertz CT molecular complexity index is 1290. The van der Waals surface area contributed by atoms with Crippen LogP contribution in [-0.4, -0.2) is 15.0 Å². The fraction of sp³-hybridized carbons (Fsp3) is 0.357. The molecule has 0 radical (unpaired) electrons. The third-order valence-corrected chi connectivity index (χ3v) is 6.16. The summed E-state index contributed by atoms with van der Waals surface area (Å²) in [6, 6.07) is 13.3. The molecule has 2 aromatic carbocycles. The lowest BCUT2D eigenvalue weighted by molar-refractivity contribution is -0.659. The van der Waals surface area contributed by atoms with Crippen LogP contribution in [0.1, 0.15) is 67.9 Å². The second-order valence-electron chi connectivity index (χ2n) is 9.52. The van der Waals surface area contributed by atoms with Gasteiger partial charge in [-0.1, -0.05) is 45.4 Å². The third kappa shape index (κ3) is 4.02. The van der Waals surface area contributed by atoms with Crippen molar-refractivity contribution < 1.29 is 4.57 Å². The highest BCUT2D eigenvalue weighted by atomic mass is 15.0. The third-order valence-electron chi connectivity index (χ3n) is 6.16. The molecule has 0 aliphatic carbocycles. The normalized spacial score (nSPS) is 11.7. The van der Waals surface area contributed by atoms with Crippen LogP contribution in [-0.2, 0) is 7.05 Å². The second-order valence-corrected chi connectivity index (χ2v) is 9.52. The van der Waals surface area contributed by atoms with Crippen molar-refractivity contribution in [2.45, 2.75) is 60.3 Å². The first-order chi connectivity index (χ1) is 15.2. The first-order valence-electron chi connectivity index (χ1n) is 11.4. The number of hydrogen-bond acceptors (Lipinski definition) is 3. The Balaban J connectivity index is 1.93. The van der Waals surface area contributed by atoms with E-state index in [1.165, 1.54) is 38.7 Å². The highest BCUT2D eigenvalue weighted by Crippen LogP contribution is 2.32. The predicted molar refractivity (Wildman–Crippen MR) is 132 cm³/mol. The summed E-state index contributed by atoms with van der Waals surface area (Å²) >= 11 is 0. The summed E-state index contributed by atoms with van der Waals surface area (Å²) < 4.78 is 2.22. The lowest BCUT2D eigenvalue weighted by atomic mass is 9.94. The van der Waals surface area contributed by atoms with E-state index in [2.05, 4.69) is 108 Å². The van der Waals surface area contributed by atoms with Gasteiger partial charge in [0.25, 0.3) is 0 Å². The Labute approximate surface area is 191 Å². The van der Waals surface area contributed by atoms with Crippen molar-refractivity contribution in [2.24, 2.45) is 7.05 Å². The van der Waals surface area contributed by atoms with Gasteiger partial charge in [0.2, 0.25) is 5.69 Å². The van der Waals surface area contributed by atoms with Crippen molar-refractivity contribution in [3.8, 4) is 22.6 Å². The molecule has 0 N–H and O–H groups in total. The molecular weight excluding hydrogens is 392 g/mol. The Hall–Kier alpha value is -3.14. The second kappa shape index (κ2) is 8.42. The van der Waals surface area contributed by atoms with Gasteiger partial charge in [-0.3, -0.25) is 0 Å². The molecule has 2 aromatic heterocycles. The van der Waals surface area contributed by atoms with E-state index >= 15 is 0 Å². The summed E-state index contributed by atoms with van der Waals surface area (Å²) in [5.41, 5.74) is 7.47. The molecule has 0 spiro atoms. The van der Waals surface area contributed by atoms with Crippen LogP contribution in [0.2, 0.25) is 0 Å². The number of fused-ring (bicyclic) bond motifs is 1. The van der Waals surface area contributed by atoms with Crippen LogP contribution in [0.25, 0.3) is 33.4 Å². The number of pyridine rings is 1. The molecular formula is C28H33N4+. The van der Waals surface area contributed by atoms with Crippen molar-refractivity contribution in [3.05, 3.63) is 70.9 Å².